The van der Waals surface area contributed by atoms with E-state index in [-0.39, 0.29) is 12.5 Å². The highest BCUT2D eigenvalue weighted by Gasteiger charge is 2.60. The first kappa shape index (κ1) is 23.3. The number of aryl methyl sites for hydroxylation is 1. The summed E-state index contributed by atoms with van der Waals surface area (Å²) in [4.78, 5) is 13.1. The van der Waals surface area contributed by atoms with Gasteiger partial charge in [-0.05, 0) is 12.5 Å². The molecular weight excluding hydrogens is 465 g/mol. The zero-order chi connectivity index (χ0) is 24.3. The zero-order valence-corrected chi connectivity index (χ0v) is 20.6. The zero-order valence-electron chi connectivity index (χ0n) is 19.7. The lowest BCUT2D eigenvalue weighted by atomic mass is 9.58. The molecule has 1 spiro atoms. The van der Waals surface area contributed by atoms with Crippen LogP contribution in [0.4, 0.5) is 5.82 Å². The number of hydrogen-bond donors (Lipinski definition) is 1. The molecule has 2 aromatic rings. The fraction of sp³-hybridized carbons (Fsp3) is 0.571. The predicted molar refractivity (Wildman–Crippen MR) is 120 cm³/mol. The van der Waals surface area contributed by atoms with Crippen LogP contribution in [0.5, 0.6) is 0 Å². The number of nitrogens with two attached hydrogens (primary N) is 1. The molecule has 4 heterocycles. The molecule has 1 aliphatic carbocycles. The Morgan fingerprint density at radius 1 is 1.29 bits per heavy atom. The SMILES string of the molecule is COP(=O)(OC)OCC1=C2OC(C)(C)OCC23C(=C[C@H]3Cn2cnc3c(N)nc(C)nc32)CO1. The molecule has 2 N–H and O–H groups in total. The van der Waals surface area contributed by atoms with Gasteiger partial charge in [0.2, 0.25) is 5.79 Å². The first-order valence-corrected chi connectivity index (χ1v) is 12.3. The number of fused-ring (bicyclic) bond motifs is 1. The van der Waals surface area contributed by atoms with E-state index in [2.05, 4.69) is 21.0 Å². The molecular formula is C21H28N5O7P. The molecule has 34 heavy (non-hydrogen) atoms. The van der Waals surface area contributed by atoms with Crippen molar-refractivity contribution in [3.05, 3.63) is 35.3 Å². The van der Waals surface area contributed by atoms with Crippen molar-refractivity contribution in [2.45, 2.75) is 33.1 Å². The van der Waals surface area contributed by atoms with E-state index in [1.54, 1.807) is 13.3 Å². The largest absolute Gasteiger partial charge is 0.488 e. The number of imidazole rings is 1. The van der Waals surface area contributed by atoms with Gasteiger partial charge in [0.15, 0.2) is 23.0 Å². The fourth-order valence-electron chi connectivity index (χ4n) is 4.68. The minimum atomic E-state index is -3.70. The second-order valence-electron chi connectivity index (χ2n) is 8.91. The van der Waals surface area contributed by atoms with Gasteiger partial charge in [-0.25, -0.2) is 19.5 Å². The number of nitrogens with zero attached hydrogens (tertiary/aromatic N) is 4. The van der Waals surface area contributed by atoms with Crippen LogP contribution >= 0.6 is 7.82 Å². The van der Waals surface area contributed by atoms with Crippen LogP contribution in [0, 0.1) is 18.3 Å². The first-order chi connectivity index (χ1) is 16.1. The van der Waals surface area contributed by atoms with Gasteiger partial charge in [-0.2, -0.15) is 0 Å². The van der Waals surface area contributed by atoms with Gasteiger partial charge in [0, 0.05) is 40.5 Å². The Balaban J connectivity index is 1.50. The lowest BCUT2D eigenvalue weighted by Crippen LogP contribution is -2.57. The van der Waals surface area contributed by atoms with Crippen LogP contribution < -0.4 is 5.73 Å². The quantitative estimate of drug-likeness (QED) is 0.449. The van der Waals surface area contributed by atoms with Crippen LogP contribution in [0.1, 0.15) is 19.7 Å². The number of rotatable bonds is 7. The Bertz CT molecular complexity index is 1250. The molecule has 2 atom stereocenters. The Labute approximate surface area is 196 Å². The molecule has 0 saturated carbocycles. The average Bonchev–Trinajstić information content (AvgIpc) is 3.19. The van der Waals surface area contributed by atoms with Gasteiger partial charge in [-0.15, -0.1) is 0 Å². The highest BCUT2D eigenvalue weighted by Crippen LogP contribution is 2.60. The van der Waals surface area contributed by atoms with E-state index in [9.17, 15) is 4.57 Å². The smallest absolute Gasteiger partial charge is 0.474 e. The van der Waals surface area contributed by atoms with Gasteiger partial charge < -0.3 is 24.5 Å². The van der Waals surface area contributed by atoms with Crippen LogP contribution in [-0.4, -0.2) is 59.3 Å². The second-order valence-corrected chi connectivity index (χ2v) is 10.8. The van der Waals surface area contributed by atoms with E-state index < -0.39 is 19.0 Å². The Morgan fingerprint density at radius 2 is 2.06 bits per heavy atom. The molecule has 0 bridgehead atoms. The molecule has 184 valence electrons. The molecule has 1 unspecified atom stereocenters. The van der Waals surface area contributed by atoms with Gasteiger partial charge >= 0.3 is 7.82 Å². The molecule has 0 amide bonds. The monoisotopic (exact) mass is 493 g/mol. The summed E-state index contributed by atoms with van der Waals surface area (Å²) in [5, 5.41) is 0. The van der Waals surface area contributed by atoms with Gasteiger partial charge in [0.05, 0.1) is 18.3 Å². The number of anilines is 1. The molecule has 2 aromatic heterocycles. The standard InChI is InChI=1S/C21H28N5O7P/c1-12-24-18(22)16-19(25-12)26(11-23-16)7-13-6-14-8-30-15(9-32-34(27,28-4)29-5)17-21(13,14)10-31-20(2,3)33-17/h6,11,13H,7-10H2,1-5H3,(H2,22,24,25)/t13-,21?/m0/s1. The first-order valence-electron chi connectivity index (χ1n) is 10.8. The molecule has 5 rings (SSSR count). The molecule has 2 aliphatic heterocycles. The predicted octanol–water partition coefficient (Wildman–Crippen LogP) is 2.70. The van der Waals surface area contributed by atoms with Crippen molar-refractivity contribution < 1.29 is 32.3 Å². The van der Waals surface area contributed by atoms with Crippen molar-refractivity contribution in [1.82, 2.24) is 19.5 Å². The summed E-state index contributed by atoms with van der Waals surface area (Å²) in [5.41, 5.74) is 7.78. The minimum Gasteiger partial charge on any atom is -0.488 e. The summed E-state index contributed by atoms with van der Waals surface area (Å²) in [5.74, 6) is 1.09. The van der Waals surface area contributed by atoms with Crippen LogP contribution in [0.25, 0.3) is 11.2 Å². The van der Waals surface area contributed by atoms with Gasteiger partial charge in [0.1, 0.15) is 24.6 Å². The van der Waals surface area contributed by atoms with Crippen LogP contribution in [0.3, 0.4) is 0 Å². The maximum atomic E-state index is 12.4. The summed E-state index contributed by atoms with van der Waals surface area (Å²) in [6, 6.07) is 0. The topological polar surface area (TPSA) is 142 Å². The van der Waals surface area contributed by atoms with Crippen molar-refractivity contribution >= 4 is 24.8 Å². The normalized spacial score (nSPS) is 25.7. The van der Waals surface area contributed by atoms with E-state index in [4.69, 9.17) is 33.5 Å². The maximum Gasteiger partial charge on any atom is 0.474 e. The van der Waals surface area contributed by atoms with E-state index in [0.717, 1.165) is 5.57 Å². The van der Waals surface area contributed by atoms with Gasteiger partial charge in [-0.1, -0.05) is 6.08 Å². The molecule has 0 radical (unpaired) electrons. The van der Waals surface area contributed by atoms with Crippen LogP contribution in [0.15, 0.2) is 29.5 Å². The van der Waals surface area contributed by atoms with Crippen molar-refractivity contribution in [2.24, 2.45) is 11.3 Å². The van der Waals surface area contributed by atoms with Crippen LogP contribution in [0.2, 0.25) is 0 Å². The number of nitrogen functional groups attached to an aromatic ring is 1. The fourth-order valence-corrected chi connectivity index (χ4v) is 5.32. The summed E-state index contributed by atoms with van der Waals surface area (Å²) < 4.78 is 48.0. The number of ether oxygens (including phenoxy) is 3. The number of hydrogen-bond acceptors (Lipinski definition) is 11. The average molecular weight is 493 g/mol. The van der Waals surface area contributed by atoms with Crippen molar-refractivity contribution in [3.63, 3.8) is 0 Å². The summed E-state index contributed by atoms with van der Waals surface area (Å²) in [6.07, 6.45) is 3.87. The summed E-state index contributed by atoms with van der Waals surface area (Å²) >= 11 is 0. The molecule has 1 saturated heterocycles. The highest BCUT2D eigenvalue weighted by molar-refractivity contribution is 7.48. The highest BCUT2D eigenvalue weighted by atomic mass is 31.2. The third-order valence-electron chi connectivity index (χ3n) is 6.46. The Morgan fingerprint density at radius 3 is 2.79 bits per heavy atom. The molecule has 0 aromatic carbocycles. The molecule has 13 heteroatoms. The van der Waals surface area contributed by atoms with E-state index in [1.807, 2.05) is 18.4 Å². The van der Waals surface area contributed by atoms with Crippen LogP contribution in [-0.2, 0) is 38.9 Å². The number of aromatic nitrogens is 4. The van der Waals surface area contributed by atoms with E-state index in [1.165, 1.54) is 14.2 Å². The van der Waals surface area contributed by atoms with E-state index in [0.29, 0.717) is 54.1 Å². The lowest BCUT2D eigenvalue weighted by Gasteiger charge is -2.56. The third-order valence-corrected chi connectivity index (χ3v) is 7.80. The molecule has 1 fully saturated rings. The third kappa shape index (κ3) is 3.61. The van der Waals surface area contributed by atoms with Crippen molar-refractivity contribution in [1.29, 1.82) is 0 Å². The molecule has 3 aliphatic rings. The molecule has 12 nitrogen and oxygen atoms in total. The van der Waals surface area contributed by atoms with E-state index >= 15 is 0 Å². The summed E-state index contributed by atoms with van der Waals surface area (Å²) in [7, 11) is -1.18. The maximum absolute atomic E-state index is 12.4. The van der Waals surface area contributed by atoms with Gasteiger partial charge in [-0.3, -0.25) is 13.6 Å². The second kappa shape index (κ2) is 8.03. The Hall–Kier alpha value is -2.50. The number of phosphoric ester groups is 1. The van der Waals surface area contributed by atoms with Gasteiger partial charge in [0.25, 0.3) is 0 Å². The number of phosphoric acid groups is 1. The lowest BCUT2D eigenvalue weighted by molar-refractivity contribution is -0.264. The van der Waals surface area contributed by atoms with Crippen molar-refractivity contribution in [3.8, 4) is 0 Å². The number of allylic oxidation sites excluding steroid dienone is 1. The van der Waals surface area contributed by atoms with Crippen molar-refractivity contribution in [2.75, 3.05) is 39.8 Å². The minimum absolute atomic E-state index is 0.00180. The summed E-state index contributed by atoms with van der Waals surface area (Å²) in [6.45, 7) is 6.62. The Kier molecular flexibility index (Phi) is 5.49.